The Bertz CT molecular complexity index is 676. The number of nitrogens with one attached hydrogen (secondary N) is 1. The molecule has 0 radical (unpaired) electrons. The summed E-state index contributed by atoms with van der Waals surface area (Å²) in [7, 11) is 5.84. The Kier molecular flexibility index (Phi) is 8.79. The predicted octanol–water partition coefficient (Wildman–Crippen LogP) is 1.25. The molecule has 0 aliphatic carbocycles. The van der Waals surface area contributed by atoms with Crippen molar-refractivity contribution in [3.8, 4) is 0 Å². The summed E-state index contributed by atoms with van der Waals surface area (Å²) in [6.45, 7) is 6.10. The van der Waals surface area contributed by atoms with Crippen molar-refractivity contribution in [2.75, 3.05) is 13.6 Å². The van der Waals surface area contributed by atoms with Gasteiger partial charge in [0.05, 0.1) is 6.54 Å². The lowest BCUT2D eigenvalue weighted by molar-refractivity contribution is 0.445. The summed E-state index contributed by atoms with van der Waals surface area (Å²) in [6, 6.07) is 0. The van der Waals surface area contributed by atoms with Gasteiger partial charge in [-0.25, -0.2) is 9.98 Å². The van der Waals surface area contributed by atoms with Crippen molar-refractivity contribution >= 4 is 29.9 Å². The molecule has 0 spiro atoms. The van der Waals surface area contributed by atoms with E-state index in [9.17, 15) is 0 Å². The number of halogens is 1. The molecule has 2 heterocycles. The number of guanidine groups is 1. The predicted molar refractivity (Wildman–Crippen MR) is 108 cm³/mol. The van der Waals surface area contributed by atoms with Crippen LogP contribution in [0.15, 0.2) is 11.3 Å². The van der Waals surface area contributed by atoms with Gasteiger partial charge in [0.15, 0.2) is 11.8 Å². The highest BCUT2D eigenvalue weighted by atomic mass is 127. The molecular weight excluding hydrogens is 433 g/mol. The van der Waals surface area contributed by atoms with Crippen molar-refractivity contribution in [3.63, 3.8) is 0 Å². The van der Waals surface area contributed by atoms with Gasteiger partial charge in [-0.2, -0.15) is 5.10 Å². The minimum Gasteiger partial charge on any atom is -0.356 e. The van der Waals surface area contributed by atoms with Gasteiger partial charge in [-0.05, 0) is 13.3 Å². The van der Waals surface area contributed by atoms with Gasteiger partial charge in [-0.15, -0.1) is 34.2 Å². The van der Waals surface area contributed by atoms with Gasteiger partial charge in [0, 0.05) is 27.7 Å². The third-order valence-corrected chi connectivity index (χ3v) is 3.91. The molecule has 0 saturated heterocycles. The van der Waals surface area contributed by atoms with E-state index in [4.69, 9.17) is 4.99 Å². The first-order valence-corrected chi connectivity index (χ1v) is 8.20. The normalized spacial score (nSPS) is 11.3. The second-order valence-electron chi connectivity index (χ2n) is 5.80. The molecule has 1 N–H and O–H groups in total. The zero-order valence-corrected chi connectivity index (χ0v) is 17.9. The van der Waals surface area contributed by atoms with Crippen molar-refractivity contribution in [1.29, 1.82) is 0 Å². The van der Waals surface area contributed by atoms with Gasteiger partial charge in [-0.3, -0.25) is 4.68 Å². The Labute approximate surface area is 166 Å². The number of aliphatic imine (C=N–C) groups is 1. The second kappa shape index (κ2) is 10.3. The minimum absolute atomic E-state index is 0. The third-order valence-electron chi connectivity index (χ3n) is 3.91. The molecule has 25 heavy (non-hydrogen) atoms. The van der Waals surface area contributed by atoms with Crippen LogP contribution in [0.5, 0.6) is 0 Å². The summed E-state index contributed by atoms with van der Waals surface area (Å²) < 4.78 is 3.72. The maximum absolute atomic E-state index is 4.70. The number of rotatable bonds is 7. The van der Waals surface area contributed by atoms with Crippen LogP contribution in [0.4, 0.5) is 0 Å². The number of aryl methyl sites for hydroxylation is 2. The van der Waals surface area contributed by atoms with Crippen molar-refractivity contribution in [3.05, 3.63) is 23.8 Å². The fraction of sp³-hybridized carbons (Fsp3) is 0.667. The molecule has 0 unspecified atom stereocenters. The highest BCUT2D eigenvalue weighted by molar-refractivity contribution is 14.0. The van der Waals surface area contributed by atoms with Gasteiger partial charge >= 0.3 is 0 Å². The zero-order chi connectivity index (χ0) is 17.5. The Morgan fingerprint density at radius 3 is 2.60 bits per heavy atom. The first kappa shape index (κ1) is 21.3. The Balaban J connectivity index is 0.00000312. The standard InChI is InChI=1S/C15H27N9.HI/c1-6-7-8-16-15(17-9-13-21-20-12(2)23(13)4)22(3)10-14-18-11-19-24(14)5;/h11H,6-10H2,1-5H3,(H,16,17);1H. The maximum Gasteiger partial charge on any atom is 0.194 e. The summed E-state index contributed by atoms with van der Waals surface area (Å²) >= 11 is 0. The SMILES string of the molecule is CCCCNC(=NCc1nnc(C)n1C)N(C)Cc1ncnn1C.I. The van der Waals surface area contributed by atoms with E-state index in [1.54, 1.807) is 11.0 Å². The summed E-state index contributed by atoms with van der Waals surface area (Å²) in [4.78, 5) is 11.0. The molecule has 2 rings (SSSR count). The van der Waals surface area contributed by atoms with E-state index in [1.165, 1.54) is 0 Å². The third kappa shape index (κ3) is 5.94. The lowest BCUT2D eigenvalue weighted by Gasteiger charge is -2.22. The van der Waals surface area contributed by atoms with Crippen molar-refractivity contribution in [1.82, 2.24) is 39.7 Å². The van der Waals surface area contributed by atoms with Gasteiger partial charge < -0.3 is 14.8 Å². The van der Waals surface area contributed by atoms with E-state index < -0.39 is 0 Å². The summed E-state index contributed by atoms with van der Waals surface area (Å²) in [5, 5.41) is 15.8. The van der Waals surface area contributed by atoms with Gasteiger partial charge in [0.1, 0.15) is 24.5 Å². The summed E-state index contributed by atoms with van der Waals surface area (Å²) in [6.07, 6.45) is 3.79. The molecule has 9 nitrogen and oxygen atoms in total. The van der Waals surface area contributed by atoms with Gasteiger partial charge in [0.2, 0.25) is 0 Å². The van der Waals surface area contributed by atoms with Gasteiger partial charge in [0.25, 0.3) is 0 Å². The molecule has 2 aromatic heterocycles. The Hall–Kier alpha value is -1.72. The molecule has 0 aliphatic rings. The van der Waals surface area contributed by atoms with Crippen LogP contribution in [-0.4, -0.2) is 54.0 Å². The van der Waals surface area contributed by atoms with E-state index in [1.807, 2.05) is 37.5 Å². The highest BCUT2D eigenvalue weighted by Crippen LogP contribution is 2.02. The fourth-order valence-electron chi connectivity index (χ4n) is 2.17. The minimum atomic E-state index is 0. The molecule has 0 aromatic carbocycles. The summed E-state index contributed by atoms with van der Waals surface area (Å²) in [5.74, 6) is 3.44. The Morgan fingerprint density at radius 1 is 1.28 bits per heavy atom. The number of nitrogens with zero attached hydrogens (tertiary/aromatic N) is 8. The zero-order valence-electron chi connectivity index (χ0n) is 15.6. The molecule has 0 fully saturated rings. The highest BCUT2D eigenvalue weighted by Gasteiger charge is 2.11. The van der Waals surface area contributed by atoms with Crippen LogP contribution in [-0.2, 0) is 27.2 Å². The maximum atomic E-state index is 4.70. The molecule has 0 bridgehead atoms. The first-order chi connectivity index (χ1) is 11.5. The first-order valence-electron chi connectivity index (χ1n) is 8.20. The summed E-state index contributed by atoms with van der Waals surface area (Å²) in [5.41, 5.74) is 0. The quantitative estimate of drug-likeness (QED) is 0.289. The van der Waals surface area contributed by atoms with Crippen LogP contribution < -0.4 is 5.32 Å². The van der Waals surface area contributed by atoms with Crippen molar-refractivity contribution in [2.24, 2.45) is 19.1 Å². The van der Waals surface area contributed by atoms with Crippen LogP contribution in [0.25, 0.3) is 0 Å². The lowest BCUT2D eigenvalue weighted by Crippen LogP contribution is -2.39. The number of hydrogen-bond donors (Lipinski definition) is 1. The van der Waals surface area contributed by atoms with Crippen LogP contribution in [0.3, 0.4) is 0 Å². The molecule has 0 amide bonds. The fourth-order valence-corrected chi connectivity index (χ4v) is 2.17. The second-order valence-corrected chi connectivity index (χ2v) is 5.80. The van der Waals surface area contributed by atoms with E-state index in [-0.39, 0.29) is 24.0 Å². The topological polar surface area (TPSA) is 89.1 Å². The average molecular weight is 461 g/mol. The van der Waals surface area contributed by atoms with Crippen LogP contribution in [0.2, 0.25) is 0 Å². The van der Waals surface area contributed by atoms with Crippen LogP contribution in [0, 0.1) is 6.92 Å². The van der Waals surface area contributed by atoms with Crippen LogP contribution >= 0.6 is 24.0 Å². The molecular formula is C15H28IN9. The molecule has 0 atom stereocenters. The Morgan fingerprint density at radius 2 is 2.04 bits per heavy atom. The van der Waals surface area contributed by atoms with E-state index in [0.717, 1.165) is 42.8 Å². The molecule has 0 aliphatic heterocycles. The lowest BCUT2D eigenvalue weighted by atomic mass is 10.3. The molecule has 0 saturated carbocycles. The monoisotopic (exact) mass is 461 g/mol. The van der Waals surface area contributed by atoms with Crippen LogP contribution in [0.1, 0.15) is 37.2 Å². The smallest absolute Gasteiger partial charge is 0.194 e. The van der Waals surface area contributed by atoms with Crippen molar-refractivity contribution in [2.45, 2.75) is 39.8 Å². The van der Waals surface area contributed by atoms with Gasteiger partial charge in [-0.1, -0.05) is 13.3 Å². The van der Waals surface area contributed by atoms with Crippen molar-refractivity contribution < 1.29 is 0 Å². The largest absolute Gasteiger partial charge is 0.356 e. The van der Waals surface area contributed by atoms with E-state index >= 15 is 0 Å². The number of aromatic nitrogens is 6. The van der Waals surface area contributed by atoms with E-state index in [0.29, 0.717) is 13.1 Å². The molecule has 10 heteroatoms. The van der Waals surface area contributed by atoms with E-state index in [2.05, 4.69) is 32.5 Å². The number of unbranched alkanes of at least 4 members (excludes halogenated alkanes) is 1. The molecule has 140 valence electrons. The number of hydrogen-bond acceptors (Lipinski definition) is 5. The molecule has 2 aromatic rings. The average Bonchev–Trinajstić information content (AvgIpc) is 3.10.